The molecule has 1 N–H and O–H groups in total. The van der Waals surface area contributed by atoms with Crippen molar-refractivity contribution >= 4 is 16.8 Å². The van der Waals surface area contributed by atoms with Gasteiger partial charge in [0.05, 0.1) is 12.6 Å². The zero-order valence-corrected chi connectivity index (χ0v) is 17.9. The van der Waals surface area contributed by atoms with Gasteiger partial charge < -0.3 is 19.7 Å². The summed E-state index contributed by atoms with van der Waals surface area (Å²) in [7, 11) is 1.62. The van der Waals surface area contributed by atoms with Crippen LogP contribution in [0.25, 0.3) is 10.9 Å². The maximum Gasteiger partial charge on any atom is 0.270 e. The van der Waals surface area contributed by atoms with E-state index in [9.17, 15) is 4.79 Å². The van der Waals surface area contributed by atoms with Gasteiger partial charge in [-0.15, -0.1) is 0 Å². The summed E-state index contributed by atoms with van der Waals surface area (Å²) in [6.07, 6.45) is 0. The van der Waals surface area contributed by atoms with Crippen molar-refractivity contribution in [2.75, 3.05) is 33.4 Å². The van der Waals surface area contributed by atoms with Crippen LogP contribution in [-0.2, 0) is 6.54 Å². The summed E-state index contributed by atoms with van der Waals surface area (Å²) in [5, 5.41) is 3.93. The fourth-order valence-corrected chi connectivity index (χ4v) is 3.23. The number of fused-ring (bicyclic) bond motifs is 1. The molecule has 1 heterocycles. The molecule has 158 valence electrons. The summed E-state index contributed by atoms with van der Waals surface area (Å²) in [6.45, 7) is 8.13. The lowest BCUT2D eigenvalue weighted by Gasteiger charge is -2.19. The molecule has 1 amide bonds. The highest BCUT2D eigenvalue weighted by molar-refractivity contribution is 5.94. The third kappa shape index (κ3) is 5.48. The van der Waals surface area contributed by atoms with Crippen LogP contribution >= 0.6 is 0 Å². The molecular weight excluding hydrogens is 378 g/mol. The van der Waals surface area contributed by atoms with E-state index in [4.69, 9.17) is 9.47 Å². The van der Waals surface area contributed by atoms with Gasteiger partial charge in [0.2, 0.25) is 0 Å². The number of aromatic nitrogens is 1. The maximum atomic E-state index is 12.5. The van der Waals surface area contributed by atoms with E-state index in [0.717, 1.165) is 36.1 Å². The lowest BCUT2D eigenvalue weighted by molar-refractivity contribution is 0.0946. The zero-order chi connectivity index (χ0) is 21.3. The van der Waals surface area contributed by atoms with Gasteiger partial charge in [0.1, 0.15) is 12.3 Å². The quantitative estimate of drug-likeness (QED) is 0.552. The van der Waals surface area contributed by atoms with E-state index in [-0.39, 0.29) is 5.91 Å². The largest absolute Gasteiger partial charge is 0.493 e. The molecule has 0 bridgehead atoms. The molecule has 0 fully saturated rings. The van der Waals surface area contributed by atoms with Crippen molar-refractivity contribution < 1.29 is 14.3 Å². The molecule has 1 aromatic heterocycles. The molecule has 2 aromatic carbocycles. The molecular formula is C24H29N3O3. The fourth-order valence-electron chi connectivity index (χ4n) is 3.23. The Kier molecular flexibility index (Phi) is 7.63. The second kappa shape index (κ2) is 10.6. The van der Waals surface area contributed by atoms with Crippen LogP contribution < -0.4 is 14.8 Å². The minimum atomic E-state index is -0.209. The number of hydrogen-bond donors (Lipinski definition) is 1. The van der Waals surface area contributed by atoms with Crippen molar-refractivity contribution in [1.82, 2.24) is 15.2 Å². The van der Waals surface area contributed by atoms with Crippen molar-refractivity contribution in [2.24, 2.45) is 0 Å². The molecule has 0 aliphatic rings. The average molecular weight is 408 g/mol. The van der Waals surface area contributed by atoms with Gasteiger partial charge in [-0.25, -0.2) is 4.98 Å². The summed E-state index contributed by atoms with van der Waals surface area (Å²) in [4.78, 5) is 19.3. The number of pyridine rings is 1. The summed E-state index contributed by atoms with van der Waals surface area (Å²) >= 11 is 0. The Morgan fingerprint density at radius 3 is 2.60 bits per heavy atom. The molecule has 3 rings (SSSR count). The van der Waals surface area contributed by atoms with Crippen LogP contribution in [0.15, 0.2) is 54.6 Å². The Bertz CT molecular complexity index is 986. The molecule has 30 heavy (non-hydrogen) atoms. The van der Waals surface area contributed by atoms with Gasteiger partial charge in [0, 0.05) is 18.5 Å². The first-order valence-corrected chi connectivity index (χ1v) is 10.3. The number of nitrogens with one attached hydrogen (secondary N) is 1. The first kappa shape index (κ1) is 21.6. The third-order valence-corrected chi connectivity index (χ3v) is 5.07. The highest BCUT2D eigenvalue weighted by Crippen LogP contribution is 2.28. The predicted octanol–water partition coefficient (Wildman–Crippen LogP) is 3.89. The molecule has 6 nitrogen and oxygen atoms in total. The van der Waals surface area contributed by atoms with Crippen LogP contribution in [0.5, 0.6) is 11.5 Å². The monoisotopic (exact) mass is 407 g/mol. The van der Waals surface area contributed by atoms with Gasteiger partial charge in [-0.05, 0) is 42.9 Å². The van der Waals surface area contributed by atoms with Crippen molar-refractivity contribution in [3.8, 4) is 11.5 Å². The molecule has 6 heteroatoms. The Morgan fingerprint density at radius 2 is 1.83 bits per heavy atom. The van der Waals surface area contributed by atoms with Gasteiger partial charge in [-0.1, -0.05) is 44.2 Å². The number of para-hydroxylation sites is 1. The Balaban J connectivity index is 1.59. The number of likely N-dealkylation sites (N-methyl/N-ethyl adjacent to an activating group) is 1. The molecule has 0 saturated carbocycles. The SMILES string of the molecule is CCN(CC)CCOc1ccc(CNC(=O)c2ccc3ccccc3n2)cc1OC. The van der Waals surface area contributed by atoms with Gasteiger partial charge in [-0.3, -0.25) is 4.79 Å². The predicted molar refractivity (Wildman–Crippen MR) is 119 cm³/mol. The third-order valence-electron chi connectivity index (χ3n) is 5.07. The summed E-state index contributed by atoms with van der Waals surface area (Å²) in [5.74, 6) is 1.15. The smallest absolute Gasteiger partial charge is 0.270 e. The van der Waals surface area contributed by atoms with E-state index >= 15 is 0 Å². The lowest BCUT2D eigenvalue weighted by Crippen LogP contribution is -2.28. The summed E-state index contributed by atoms with van der Waals surface area (Å²) in [6, 6.07) is 17.1. The van der Waals surface area contributed by atoms with E-state index in [1.54, 1.807) is 13.2 Å². The standard InChI is InChI=1S/C24H29N3O3/c1-4-27(5-2)14-15-30-22-13-10-18(16-23(22)29-3)17-25-24(28)21-12-11-19-8-6-7-9-20(19)26-21/h6-13,16H,4-5,14-15,17H2,1-3H3,(H,25,28). The Labute approximate surface area is 177 Å². The molecule has 3 aromatic rings. The number of benzene rings is 2. The molecule has 0 unspecified atom stereocenters. The van der Waals surface area contributed by atoms with Crippen LogP contribution in [-0.4, -0.2) is 49.1 Å². The zero-order valence-electron chi connectivity index (χ0n) is 17.9. The van der Waals surface area contributed by atoms with Crippen molar-refractivity contribution in [2.45, 2.75) is 20.4 Å². The molecule has 0 saturated heterocycles. The maximum absolute atomic E-state index is 12.5. The van der Waals surface area contributed by atoms with Crippen molar-refractivity contribution in [3.05, 3.63) is 65.9 Å². The number of ether oxygens (including phenoxy) is 2. The van der Waals surface area contributed by atoms with E-state index in [0.29, 0.717) is 30.3 Å². The van der Waals surface area contributed by atoms with Crippen LogP contribution in [0.1, 0.15) is 29.9 Å². The first-order chi connectivity index (χ1) is 14.6. The number of methoxy groups -OCH3 is 1. The van der Waals surface area contributed by atoms with Crippen LogP contribution in [0, 0.1) is 0 Å². The number of nitrogens with zero attached hydrogens (tertiary/aromatic N) is 2. The minimum absolute atomic E-state index is 0.209. The van der Waals surface area contributed by atoms with Gasteiger partial charge in [0.15, 0.2) is 11.5 Å². The first-order valence-electron chi connectivity index (χ1n) is 10.3. The summed E-state index contributed by atoms with van der Waals surface area (Å²) < 4.78 is 11.4. The van der Waals surface area contributed by atoms with Crippen LogP contribution in [0.3, 0.4) is 0 Å². The van der Waals surface area contributed by atoms with Crippen LogP contribution in [0.4, 0.5) is 0 Å². The Hall–Kier alpha value is -3.12. The topological polar surface area (TPSA) is 63.7 Å². The molecule has 0 aliphatic heterocycles. The number of carbonyl (C=O) groups excluding carboxylic acids is 1. The summed E-state index contributed by atoms with van der Waals surface area (Å²) in [5.41, 5.74) is 2.13. The second-order valence-corrected chi connectivity index (χ2v) is 6.93. The normalized spacial score (nSPS) is 10.9. The minimum Gasteiger partial charge on any atom is -0.493 e. The van der Waals surface area contributed by atoms with E-state index in [1.807, 2.05) is 48.5 Å². The fraction of sp³-hybridized carbons (Fsp3) is 0.333. The molecule has 0 atom stereocenters. The van der Waals surface area contributed by atoms with Gasteiger partial charge in [0.25, 0.3) is 5.91 Å². The van der Waals surface area contributed by atoms with E-state index < -0.39 is 0 Å². The second-order valence-electron chi connectivity index (χ2n) is 6.93. The van der Waals surface area contributed by atoms with Crippen molar-refractivity contribution in [3.63, 3.8) is 0 Å². The number of hydrogen-bond acceptors (Lipinski definition) is 5. The number of amides is 1. The lowest BCUT2D eigenvalue weighted by atomic mass is 10.2. The highest BCUT2D eigenvalue weighted by Gasteiger charge is 2.10. The highest BCUT2D eigenvalue weighted by atomic mass is 16.5. The van der Waals surface area contributed by atoms with Gasteiger partial charge >= 0.3 is 0 Å². The number of carbonyl (C=O) groups is 1. The molecule has 0 radical (unpaired) electrons. The number of rotatable bonds is 10. The Morgan fingerprint density at radius 1 is 1.03 bits per heavy atom. The van der Waals surface area contributed by atoms with E-state index in [1.165, 1.54) is 0 Å². The molecule has 0 spiro atoms. The van der Waals surface area contributed by atoms with Crippen LogP contribution in [0.2, 0.25) is 0 Å². The van der Waals surface area contributed by atoms with Crippen molar-refractivity contribution in [1.29, 1.82) is 0 Å². The van der Waals surface area contributed by atoms with E-state index in [2.05, 4.69) is 29.0 Å². The molecule has 0 aliphatic carbocycles. The average Bonchev–Trinajstić information content (AvgIpc) is 2.80. The van der Waals surface area contributed by atoms with Gasteiger partial charge in [-0.2, -0.15) is 0 Å².